The molecule has 1 atom stereocenters. The standard InChI is InChI=1S/C33H31N7O5/c1-6-25-28-24(32(43)40(25)23-12-10-20(11-13-23)27-19(3)45-39(5)33(27)44)16-18(2)34-29(28)31(42)35-22-9-7-8-21(17-22)30(41)36-26-14-15-38(4)37-26/h7-17,25H,6H2,1-5H3,(H,35,42)(H,36,37,41). The van der Waals surface area contributed by atoms with E-state index < -0.39 is 11.9 Å². The Morgan fingerprint density at radius 2 is 1.71 bits per heavy atom. The average molecular weight is 606 g/mol. The van der Waals surface area contributed by atoms with E-state index in [0.29, 0.717) is 62.9 Å². The Balaban J connectivity index is 1.28. The quantitative estimate of drug-likeness (QED) is 0.265. The Morgan fingerprint density at radius 3 is 2.36 bits per heavy atom. The van der Waals surface area contributed by atoms with Crippen LogP contribution in [0.2, 0.25) is 0 Å². The Labute approximate surface area is 258 Å². The van der Waals surface area contributed by atoms with Crippen molar-refractivity contribution in [2.24, 2.45) is 14.1 Å². The lowest BCUT2D eigenvalue weighted by molar-refractivity contribution is 0.0988. The van der Waals surface area contributed by atoms with Crippen molar-refractivity contribution >= 4 is 34.9 Å². The lowest BCUT2D eigenvalue weighted by Crippen LogP contribution is -2.28. The largest absolute Gasteiger partial charge is 0.381 e. The first-order valence-corrected chi connectivity index (χ1v) is 14.4. The number of rotatable bonds is 7. The highest BCUT2D eigenvalue weighted by Gasteiger charge is 2.40. The highest BCUT2D eigenvalue weighted by atomic mass is 16.5. The van der Waals surface area contributed by atoms with Gasteiger partial charge in [0.2, 0.25) is 0 Å². The number of aromatic nitrogens is 4. The molecule has 12 nitrogen and oxygen atoms in total. The van der Waals surface area contributed by atoms with E-state index in [1.165, 1.54) is 4.74 Å². The normalized spacial score (nSPS) is 14.0. The van der Waals surface area contributed by atoms with Crippen molar-refractivity contribution in [3.05, 3.63) is 111 Å². The first-order valence-electron chi connectivity index (χ1n) is 14.4. The maximum Gasteiger partial charge on any atom is 0.290 e. The molecule has 0 radical (unpaired) electrons. The van der Waals surface area contributed by atoms with Gasteiger partial charge in [-0.25, -0.2) is 4.98 Å². The zero-order valence-electron chi connectivity index (χ0n) is 25.4. The summed E-state index contributed by atoms with van der Waals surface area (Å²) >= 11 is 0. The van der Waals surface area contributed by atoms with Crippen molar-refractivity contribution in [1.82, 2.24) is 19.5 Å². The number of fused-ring (bicyclic) bond motifs is 1. The number of carbonyl (C=O) groups excluding carboxylic acids is 3. The van der Waals surface area contributed by atoms with Gasteiger partial charge in [0.05, 0.1) is 11.6 Å². The maximum absolute atomic E-state index is 13.8. The van der Waals surface area contributed by atoms with Crippen LogP contribution in [0.3, 0.4) is 0 Å². The van der Waals surface area contributed by atoms with Crippen LogP contribution >= 0.6 is 0 Å². The average Bonchev–Trinajstić information content (AvgIpc) is 3.64. The molecule has 0 fully saturated rings. The van der Waals surface area contributed by atoms with Crippen LogP contribution in [0, 0.1) is 13.8 Å². The third kappa shape index (κ3) is 5.30. The molecule has 2 N–H and O–H groups in total. The number of carbonyl (C=O) groups is 3. The van der Waals surface area contributed by atoms with Gasteiger partial charge >= 0.3 is 0 Å². The molecule has 12 heteroatoms. The summed E-state index contributed by atoms with van der Waals surface area (Å²) < 4.78 is 8.19. The fourth-order valence-electron chi connectivity index (χ4n) is 5.77. The summed E-state index contributed by atoms with van der Waals surface area (Å²) in [5, 5.41) is 9.75. The SMILES string of the molecule is CCC1c2c(cc(C)nc2C(=O)Nc2cccc(C(=O)Nc3ccn(C)n3)c2)C(=O)N1c1ccc(-c2c(C)on(C)c2=O)cc1. The molecule has 0 saturated carbocycles. The molecule has 3 amide bonds. The highest BCUT2D eigenvalue weighted by molar-refractivity contribution is 6.15. The van der Waals surface area contributed by atoms with Crippen LogP contribution in [0.15, 0.2) is 76.2 Å². The molecule has 0 spiro atoms. The van der Waals surface area contributed by atoms with Gasteiger partial charge in [-0.05, 0) is 62.2 Å². The molecule has 1 aliphatic heterocycles. The van der Waals surface area contributed by atoms with Gasteiger partial charge in [0.1, 0.15) is 11.5 Å². The number of pyridine rings is 1. The summed E-state index contributed by atoms with van der Waals surface area (Å²) in [5.74, 6) is -0.199. The van der Waals surface area contributed by atoms with Gasteiger partial charge in [-0.15, -0.1) is 0 Å². The van der Waals surface area contributed by atoms with Gasteiger partial charge in [-0.3, -0.25) is 23.9 Å². The number of nitrogens with one attached hydrogen (secondary N) is 2. The van der Waals surface area contributed by atoms with Crippen molar-refractivity contribution in [2.75, 3.05) is 15.5 Å². The lowest BCUT2D eigenvalue weighted by Gasteiger charge is -2.25. The molecule has 0 aliphatic carbocycles. The van der Waals surface area contributed by atoms with Crippen LogP contribution < -0.4 is 21.1 Å². The highest BCUT2D eigenvalue weighted by Crippen LogP contribution is 2.41. The molecule has 4 heterocycles. The van der Waals surface area contributed by atoms with Crippen molar-refractivity contribution in [3.63, 3.8) is 0 Å². The topological polar surface area (TPSA) is 144 Å². The minimum absolute atomic E-state index is 0.144. The van der Waals surface area contributed by atoms with Crippen LogP contribution in [-0.2, 0) is 14.1 Å². The van der Waals surface area contributed by atoms with Gasteiger partial charge < -0.3 is 20.1 Å². The predicted octanol–water partition coefficient (Wildman–Crippen LogP) is 5.01. The van der Waals surface area contributed by atoms with Crippen molar-refractivity contribution < 1.29 is 18.9 Å². The summed E-state index contributed by atoms with van der Waals surface area (Å²) in [6, 6.07) is 16.6. The van der Waals surface area contributed by atoms with Gasteiger partial charge in [0.25, 0.3) is 23.3 Å². The van der Waals surface area contributed by atoms with Crippen LogP contribution in [0.4, 0.5) is 17.2 Å². The van der Waals surface area contributed by atoms with Crippen molar-refractivity contribution in [1.29, 1.82) is 0 Å². The van der Waals surface area contributed by atoms with E-state index in [4.69, 9.17) is 4.52 Å². The molecule has 0 bridgehead atoms. The monoisotopic (exact) mass is 605 g/mol. The van der Waals surface area contributed by atoms with Gasteiger partial charge in [-0.1, -0.05) is 25.1 Å². The fourth-order valence-corrected chi connectivity index (χ4v) is 5.77. The summed E-state index contributed by atoms with van der Waals surface area (Å²) in [5.41, 5.74) is 3.87. The molecule has 6 rings (SSSR count). The molecule has 2 aromatic carbocycles. The van der Waals surface area contributed by atoms with E-state index in [2.05, 4.69) is 20.7 Å². The Morgan fingerprint density at radius 1 is 0.956 bits per heavy atom. The van der Waals surface area contributed by atoms with E-state index in [1.807, 2.05) is 6.92 Å². The number of benzene rings is 2. The number of hydrogen-bond acceptors (Lipinski definition) is 7. The fraction of sp³-hybridized carbons (Fsp3) is 0.212. The summed E-state index contributed by atoms with van der Waals surface area (Å²) in [7, 11) is 3.31. The van der Waals surface area contributed by atoms with E-state index in [0.717, 1.165) is 0 Å². The van der Waals surface area contributed by atoms with E-state index in [1.54, 1.807) is 104 Å². The predicted molar refractivity (Wildman–Crippen MR) is 168 cm³/mol. The molecular formula is C33H31N7O5. The number of nitrogens with zero attached hydrogens (tertiary/aromatic N) is 5. The minimum Gasteiger partial charge on any atom is -0.381 e. The zero-order valence-corrected chi connectivity index (χ0v) is 25.4. The van der Waals surface area contributed by atoms with E-state index >= 15 is 0 Å². The minimum atomic E-state index is -0.494. The van der Waals surface area contributed by atoms with E-state index in [9.17, 15) is 19.2 Å². The lowest BCUT2D eigenvalue weighted by atomic mass is 9.99. The molecule has 1 aliphatic rings. The molecule has 3 aromatic heterocycles. The number of aryl methyl sites for hydroxylation is 4. The van der Waals surface area contributed by atoms with Crippen molar-refractivity contribution in [3.8, 4) is 11.1 Å². The van der Waals surface area contributed by atoms with Crippen LogP contribution in [0.5, 0.6) is 0 Å². The van der Waals surface area contributed by atoms with Gasteiger partial charge in [0.15, 0.2) is 5.82 Å². The second-order valence-corrected chi connectivity index (χ2v) is 10.9. The zero-order chi connectivity index (χ0) is 32.0. The number of amides is 3. The first-order chi connectivity index (χ1) is 21.5. The Hall–Kier alpha value is -5.78. The Kier molecular flexibility index (Phi) is 7.41. The molecule has 45 heavy (non-hydrogen) atoms. The van der Waals surface area contributed by atoms with Crippen LogP contribution in [-0.4, -0.2) is 37.2 Å². The Bertz CT molecular complexity index is 2040. The van der Waals surface area contributed by atoms with Gasteiger partial charge in [0, 0.05) is 60.1 Å². The smallest absolute Gasteiger partial charge is 0.290 e. The maximum atomic E-state index is 13.8. The van der Waals surface area contributed by atoms with Crippen LogP contribution in [0.25, 0.3) is 11.1 Å². The first kappa shape index (κ1) is 29.3. The second kappa shape index (κ2) is 11.4. The number of hydrogen-bond donors (Lipinski definition) is 2. The third-order valence-electron chi connectivity index (χ3n) is 7.78. The molecular weight excluding hydrogens is 574 g/mol. The summed E-state index contributed by atoms with van der Waals surface area (Å²) in [6.45, 7) is 5.41. The molecule has 0 saturated heterocycles. The molecule has 5 aromatic rings. The second-order valence-electron chi connectivity index (χ2n) is 10.9. The third-order valence-corrected chi connectivity index (χ3v) is 7.78. The molecule has 228 valence electrons. The van der Waals surface area contributed by atoms with Crippen molar-refractivity contribution in [2.45, 2.75) is 33.2 Å². The molecule has 1 unspecified atom stereocenters. The van der Waals surface area contributed by atoms with Gasteiger partial charge in [-0.2, -0.15) is 9.84 Å². The number of anilines is 3. The summed E-state index contributed by atoms with van der Waals surface area (Å²) in [4.78, 5) is 59.1. The summed E-state index contributed by atoms with van der Waals surface area (Å²) in [6.07, 6.45) is 2.24. The van der Waals surface area contributed by atoms with E-state index in [-0.39, 0.29) is 23.1 Å². The van der Waals surface area contributed by atoms with Crippen LogP contribution in [0.1, 0.15) is 67.6 Å².